The van der Waals surface area contributed by atoms with Crippen LogP contribution in [0.4, 0.5) is 0 Å². The number of ether oxygens (including phenoxy) is 1. The van der Waals surface area contributed by atoms with E-state index in [2.05, 4.69) is 6.92 Å². The Labute approximate surface area is 119 Å². The second kappa shape index (κ2) is 6.60. The number of hydrogen-bond donors (Lipinski definition) is 1. The van der Waals surface area contributed by atoms with Crippen LogP contribution in [0.1, 0.15) is 24.0 Å². The Balaban J connectivity index is 2.05. The first-order valence-electron chi connectivity index (χ1n) is 6.37. The molecule has 0 heterocycles. The van der Waals surface area contributed by atoms with Crippen LogP contribution in [-0.4, -0.2) is 6.54 Å². The van der Waals surface area contributed by atoms with Crippen LogP contribution in [0.15, 0.2) is 48.5 Å². The first-order valence-corrected chi connectivity index (χ1v) is 6.74. The molecule has 0 radical (unpaired) electrons. The minimum atomic E-state index is 0.306. The molecule has 0 saturated carbocycles. The van der Waals surface area contributed by atoms with E-state index in [1.807, 2.05) is 48.5 Å². The zero-order chi connectivity index (χ0) is 13.7. The van der Waals surface area contributed by atoms with Crippen molar-refractivity contribution in [3.8, 4) is 5.75 Å². The lowest BCUT2D eigenvalue weighted by atomic mass is 10.0. The molecule has 1 unspecified atom stereocenters. The van der Waals surface area contributed by atoms with Crippen molar-refractivity contribution < 1.29 is 4.74 Å². The molecule has 0 saturated heterocycles. The Morgan fingerprint density at radius 1 is 1.16 bits per heavy atom. The van der Waals surface area contributed by atoms with E-state index in [0.717, 1.165) is 11.1 Å². The maximum Gasteiger partial charge on any atom is 0.138 e. The summed E-state index contributed by atoms with van der Waals surface area (Å²) in [6.07, 6.45) is 0. The number of halogens is 1. The van der Waals surface area contributed by atoms with E-state index in [0.29, 0.717) is 29.8 Å². The van der Waals surface area contributed by atoms with Gasteiger partial charge in [0, 0.05) is 0 Å². The highest BCUT2D eigenvalue weighted by molar-refractivity contribution is 6.32. The number of nitrogens with two attached hydrogens (primary N) is 1. The minimum absolute atomic E-state index is 0.306. The van der Waals surface area contributed by atoms with Crippen molar-refractivity contribution >= 4 is 11.6 Å². The normalized spacial score (nSPS) is 12.2. The second-order valence-corrected chi connectivity index (χ2v) is 5.01. The van der Waals surface area contributed by atoms with Crippen molar-refractivity contribution in [2.75, 3.05) is 6.54 Å². The van der Waals surface area contributed by atoms with E-state index in [4.69, 9.17) is 22.1 Å². The molecule has 2 rings (SSSR count). The Morgan fingerprint density at radius 3 is 2.53 bits per heavy atom. The van der Waals surface area contributed by atoms with Gasteiger partial charge in [0.1, 0.15) is 12.4 Å². The Hall–Kier alpha value is -1.51. The van der Waals surface area contributed by atoms with Crippen molar-refractivity contribution in [3.05, 3.63) is 64.7 Å². The highest BCUT2D eigenvalue weighted by atomic mass is 35.5. The summed E-state index contributed by atoms with van der Waals surface area (Å²) in [6.45, 7) is 3.21. The van der Waals surface area contributed by atoms with Crippen LogP contribution in [0, 0.1) is 0 Å². The number of benzene rings is 2. The van der Waals surface area contributed by atoms with Gasteiger partial charge in [-0.25, -0.2) is 0 Å². The predicted molar refractivity (Wildman–Crippen MR) is 79.7 cm³/mol. The molecule has 0 aliphatic carbocycles. The van der Waals surface area contributed by atoms with Gasteiger partial charge in [-0.2, -0.15) is 0 Å². The smallest absolute Gasteiger partial charge is 0.138 e. The average Bonchev–Trinajstić information content (AvgIpc) is 2.46. The molecular formula is C16H18ClNO. The van der Waals surface area contributed by atoms with Gasteiger partial charge in [-0.05, 0) is 35.7 Å². The average molecular weight is 276 g/mol. The fraction of sp³-hybridized carbons (Fsp3) is 0.250. The molecule has 1 atom stereocenters. The van der Waals surface area contributed by atoms with Gasteiger partial charge >= 0.3 is 0 Å². The van der Waals surface area contributed by atoms with Gasteiger partial charge in [-0.3, -0.25) is 0 Å². The molecule has 0 spiro atoms. The van der Waals surface area contributed by atoms with Gasteiger partial charge < -0.3 is 10.5 Å². The summed E-state index contributed by atoms with van der Waals surface area (Å²) < 4.78 is 5.73. The first kappa shape index (κ1) is 13.9. The van der Waals surface area contributed by atoms with Crippen LogP contribution in [-0.2, 0) is 6.61 Å². The zero-order valence-electron chi connectivity index (χ0n) is 11.0. The van der Waals surface area contributed by atoms with E-state index < -0.39 is 0 Å². The van der Waals surface area contributed by atoms with Crippen LogP contribution in [0.2, 0.25) is 5.02 Å². The lowest BCUT2D eigenvalue weighted by molar-refractivity contribution is 0.306. The van der Waals surface area contributed by atoms with Crippen molar-refractivity contribution in [1.29, 1.82) is 0 Å². The Morgan fingerprint density at radius 2 is 1.89 bits per heavy atom. The molecule has 2 aromatic carbocycles. The number of hydrogen-bond acceptors (Lipinski definition) is 2. The molecule has 19 heavy (non-hydrogen) atoms. The third-order valence-corrected chi connectivity index (χ3v) is 3.41. The van der Waals surface area contributed by atoms with Crippen LogP contribution < -0.4 is 10.5 Å². The highest BCUT2D eigenvalue weighted by Gasteiger charge is 2.07. The van der Waals surface area contributed by atoms with Crippen LogP contribution in [0.25, 0.3) is 0 Å². The molecular weight excluding hydrogens is 258 g/mol. The standard InChI is InChI=1S/C16H18ClNO/c1-12(10-18)14-7-8-16(15(17)9-14)19-11-13-5-3-2-4-6-13/h2-9,12H,10-11,18H2,1H3. The maximum absolute atomic E-state index is 6.23. The lowest BCUT2D eigenvalue weighted by Crippen LogP contribution is -2.08. The van der Waals surface area contributed by atoms with Gasteiger partial charge in [0.05, 0.1) is 5.02 Å². The predicted octanol–water partition coefficient (Wildman–Crippen LogP) is 3.98. The zero-order valence-corrected chi connectivity index (χ0v) is 11.7. The van der Waals surface area contributed by atoms with Crippen molar-refractivity contribution in [3.63, 3.8) is 0 Å². The van der Waals surface area contributed by atoms with Gasteiger partial charge in [-0.15, -0.1) is 0 Å². The van der Waals surface area contributed by atoms with Crippen molar-refractivity contribution in [2.45, 2.75) is 19.4 Å². The SMILES string of the molecule is CC(CN)c1ccc(OCc2ccccc2)c(Cl)c1. The first-order chi connectivity index (χ1) is 9.20. The number of rotatable bonds is 5. The van der Waals surface area contributed by atoms with E-state index in [1.54, 1.807) is 0 Å². The highest BCUT2D eigenvalue weighted by Crippen LogP contribution is 2.28. The fourth-order valence-electron chi connectivity index (χ4n) is 1.81. The monoisotopic (exact) mass is 275 g/mol. The Kier molecular flexibility index (Phi) is 4.83. The molecule has 100 valence electrons. The third-order valence-electron chi connectivity index (χ3n) is 3.12. The quantitative estimate of drug-likeness (QED) is 0.896. The molecule has 0 bridgehead atoms. The van der Waals surface area contributed by atoms with Crippen molar-refractivity contribution in [2.24, 2.45) is 5.73 Å². The topological polar surface area (TPSA) is 35.2 Å². The van der Waals surface area contributed by atoms with Crippen molar-refractivity contribution in [1.82, 2.24) is 0 Å². The minimum Gasteiger partial charge on any atom is -0.487 e. The molecule has 3 heteroatoms. The van der Waals surface area contributed by atoms with Crippen LogP contribution in [0.3, 0.4) is 0 Å². The Bertz CT molecular complexity index is 528. The molecule has 2 nitrogen and oxygen atoms in total. The molecule has 2 aromatic rings. The third kappa shape index (κ3) is 3.72. The second-order valence-electron chi connectivity index (χ2n) is 4.60. The molecule has 0 aromatic heterocycles. The summed E-state index contributed by atoms with van der Waals surface area (Å²) in [5.74, 6) is 1.01. The van der Waals surface area contributed by atoms with Gasteiger partial charge in [0.2, 0.25) is 0 Å². The van der Waals surface area contributed by atoms with E-state index in [-0.39, 0.29) is 0 Å². The van der Waals surface area contributed by atoms with E-state index in [1.165, 1.54) is 0 Å². The van der Waals surface area contributed by atoms with Gasteiger partial charge in [0.25, 0.3) is 0 Å². The van der Waals surface area contributed by atoms with Gasteiger partial charge in [0.15, 0.2) is 0 Å². The summed E-state index contributed by atoms with van der Waals surface area (Å²) in [6, 6.07) is 15.9. The molecule has 0 amide bonds. The summed E-state index contributed by atoms with van der Waals surface area (Å²) in [5, 5.41) is 0.633. The van der Waals surface area contributed by atoms with Gasteiger partial charge in [-0.1, -0.05) is 54.9 Å². The fourth-order valence-corrected chi connectivity index (χ4v) is 2.06. The van der Waals surface area contributed by atoms with E-state index >= 15 is 0 Å². The molecule has 0 aliphatic rings. The summed E-state index contributed by atoms with van der Waals surface area (Å²) in [4.78, 5) is 0. The summed E-state index contributed by atoms with van der Waals surface area (Å²) in [5.41, 5.74) is 7.91. The maximum atomic E-state index is 6.23. The summed E-state index contributed by atoms with van der Waals surface area (Å²) >= 11 is 6.23. The lowest BCUT2D eigenvalue weighted by Gasteiger charge is -2.12. The molecule has 0 aliphatic heterocycles. The summed E-state index contributed by atoms with van der Waals surface area (Å²) in [7, 11) is 0. The van der Waals surface area contributed by atoms with Crippen LogP contribution in [0.5, 0.6) is 5.75 Å². The molecule has 0 fully saturated rings. The molecule has 2 N–H and O–H groups in total. The van der Waals surface area contributed by atoms with E-state index in [9.17, 15) is 0 Å². The largest absolute Gasteiger partial charge is 0.487 e. The van der Waals surface area contributed by atoms with Crippen LogP contribution >= 0.6 is 11.6 Å².